The van der Waals surface area contributed by atoms with Gasteiger partial charge in [0.05, 0.1) is 12.0 Å². The van der Waals surface area contributed by atoms with Gasteiger partial charge in [-0.1, -0.05) is 0 Å². The molecule has 1 aliphatic rings. The number of rotatable bonds is 4. The minimum absolute atomic E-state index is 0.171. The van der Waals surface area contributed by atoms with Crippen LogP contribution in [0.25, 0.3) is 0 Å². The van der Waals surface area contributed by atoms with Crippen molar-refractivity contribution in [1.29, 1.82) is 0 Å². The van der Waals surface area contributed by atoms with Crippen LogP contribution in [0.15, 0.2) is 18.2 Å². The summed E-state index contributed by atoms with van der Waals surface area (Å²) in [5.74, 6) is -1.69. The van der Waals surface area contributed by atoms with Crippen molar-refractivity contribution in [2.75, 3.05) is 0 Å². The molecule has 1 fully saturated rings. The predicted octanol–water partition coefficient (Wildman–Crippen LogP) is 2.56. The van der Waals surface area contributed by atoms with Crippen LogP contribution in [0, 0.1) is 5.82 Å². The summed E-state index contributed by atoms with van der Waals surface area (Å²) < 4.78 is 18.6. The van der Waals surface area contributed by atoms with Crippen molar-refractivity contribution in [3.8, 4) is 5.75 Å². The molecule has 1 atom stereocenters. The standard InChI is InChI=1S/C12H13FO3/c1-7(12(14)15)10-6-8(13)2-5-11(10)16-9-3-4-9/h2,5-7,9H,3-4H2,1H3,(H,14,15). The van der Waals surface area contributed by atoms with Crippen molar-refractivity contribution in [1.82, 2.24) is 0 Å². The molecule has 1 N–H and O–H groups in total. The first kappa shape index (κ1) is 10.9. The van der Waals surface area contributed by atoms with E-state index in [4.69, 9.17) is 9.84 Å². The third kappa shape index (κ3) is 2.32. The minimum Gasteiger partial charge on any atom is -0.490 e. The maximum Gasteiger partial charge on any atom is 0.310 e. The van der Waals surface area contributed by atoms with Gasteiger partial charge in [0.25, 0.3) is 0 Å². The molecule has 1 saturated carbocycles. The number of ether oxygens (including phenoxy) is 1. The zero-order valence-electron chi connectivity index (χ0n) is 8.94. The normalized spacial score (nSPS) is 16.9. The number of carboxylic acids is 1. The van der Waals surface area contributed by atoms with Gasteiger partial charge in [-0.25, -0.2) is 4.39 Å². The lowest BCUT2D eigenvalue weighted by Crippen LogP contribution is -2.10. The molecule has 1 unspecified atom stereocenters. The molecule has 0 saturated heterocycles. The number of halogens is 1. The molecule has 0 aliphatic heterocycles. The van der Waals surface area contributed by atoms with Gasteiger partial charge in [0.1, 0.15) is 11.6 Å². The Morgan fingerprint density at radius 2 is 2.25 bits per heavy atom. The monoisotopic (exact) mass is 224 g/mol. The molecule has 0 aromatic heterocycles. The average Bonchev–Trinajstić information content (AvgIpc) is 3.03. The maximum atomic E-state index is 13.1. The third-order valence-electron chi connectivity index (χ3n) is 2.63. The van der Waals surface area contributed by atoms with Gasteiger partial charge in [0.2, 0.25) is 0 Å². The van der Waals surface area contributed by atoms with Crippen molar-refractivity contribution in [3.63, 3.8) is 0 Å². The van der Waals surface area contributed by atoms with Crippen molar-refractivity contribution in [2.24, 2.45) is 0 Å². The zero-order chi connectivity index (χ0) is 11.7. The summed E-state index contributed by atoms with van der Waals surface area (Å²) >= 11 is 0. The van der Waals surface area contributed by atoms with Gasteiger partial charge in [-0.2, -0.15) is 0 Å². The number of benzene rings is 1. The van der Waals surface area contributed by atoms with Crippen LogP contribution in [0.3, 0.4) is 0 Å². The smallest absolute Gasteiger partial charge is 0.310 e. The molecular formula is C12H13FO3. The number of carboxylic acid groups (broad SMARTS) is 1. The zero-order valence-corrected chi connectivity index (χ0v) is 8.94. The fourth-order valence-electron chi connectivity index (χ4n) is 1.46. The molecular weight excluding hydrogens is 211 g/mol. The average molecular weight is 224 g/mol. The van der Waals surface area contributed by atoms with Crippen LogP contribution in [0.5, 0.6) is 5.75 Å². The van der Waals surface area contributed by atoms with Crippen LogP contribution in [0.4, 0.5) is 4.39 Å². The highest BCUT2D eigenvalue weighted by Crippen LogP contribution is 2.33. The molecule has 1 aliphatic carbocycles. The van der Waals surface area contributed by atoms with Crippen molar-refractivity contribution in [2.45, 2.75) is 31.8 Å². The molecule has 0 radical (unpaired) electrons. The Hall–Kier alpha value is -1.58. The van der Waals surface area contributed by atoms with Crippen molar-refractivity contribution < 1.29 is 19.0 Å². The molecule has 1 aromatic carbocycles. The van der Waals surface area contributed by atoms with Crippen molar-refractivity contribution in [3.05, 3.63) is 29.6 Å². The van der Waals surface area contributed by atoms with Gasteiger partial charge < -0.3 is 9.84 Å². The third-order valence-corrected chi connectivity index (χ3v) is 2.63. The Balaban J connectivity index is 2.30. The first-order chi connectivity index (χ1) is 7.58. The lowest BCUT2D eigenvalue weighted by molar-refractivity contribution is -0.138. The van der Waals surface area contributed by atoms with Crippen LogP contribution in [0.2, 0.25) is 0 Å². The van der Waals surface area contributed by atoms with Gasteiger partial charge >= 0.3 is 5.97 Å². The quantitative estimate of drug-likeness (QED) is 0.854. The molecule has 16 heavy (non-hydrogen) atoms. The molecule has 0 bridgehead atoms. The molecule has 4 heteroatoms. The van der Waals surface area contributed by atoms with E-state index in [1.165, 1.54) is 25.1 Å². The highest BCUT2D eigenvalue weighted by atomic mass is 19.1. The van der Waals surface area contributed by atoms with E-state index in [1.807, 2.05) is 0 Å². The van der Waals surface area contributed by atoms with E-state index >= 15 is 0 Å². The van der Waals surface area contributed by atoms with Crippen LogP contribution >= 0.6 is 0 Å². The van der Waals surface area contributed by atoms with Crippen LogP contribution in [-0.4, -0.2) is 17.2 Å². The molecule has 2 rings (SSSR count). The van der Waals surface area contributed by atoms with Gasteiger partial charge in [-0.3, -0.25) is 4.79 Å². The van der Waals surface area contributed by atoms with Crippen LogP contribution in [-0.2, 0) is 4.79 Å². The van der Waals surface area contributed by atoms with Crippen LogP contribution in [0.1, 0.15) is 31.2 Å². The highest BCUT2D eigenvalue weighted by molar-refractivity contribution is 5.76. The molecule has 86 valence electrons. The Morgan fingerprint density at radius 3 is 2.81 bits per heavy atom. The van der Waals surface area contributed by atoms with E-state index in [0.717, 1.165) is 12.8 Å². The fourth-order valence-corrected chi connectivity index (χ4v) is 1.46. The number of hydrogen-bond donors (Lipinski definition) is 1. The Labute approximate surface area is 92.9 Å². The maximum absolute atomic E-state index is 13.1. The summed E-state index contributed by atoms with van der Waals surface area (Å²) in [4.78, 5) is 10.9. The summed E-state index contributed by atoms with van der Waals surface area (Å²) in [5, 5.41) is 8.92. The molecule has 1 aromatic rings. The number of aliphatic carboxylic acids is 1. The van der Waals surface area contributed by atoms with E-state index in [2.05, 4.69) is 0 Å². The summed E-state index contributed by atoms with van der Waals surface area (Å²) in [6.45, 7) is 1.52. The molecule has 3 nitrogen and oxygen atoms in total. The summed E-state index contributed by atoms with van der Waals surface area (Å²) in [6.07, 6.45) is 2.14. The van der Waals surface area contributed by atoms with E-state index in [1.54, 1.807) is 0 Å². The lowest BCUT2D eigenvalue weighted by Gasteiger charge is -2.13. The van der Waals surface area contributed by atoms with E-state index in [9.17, 15) is 9.18 Å². The van der Waals surface area contributed by atoms with Gasteiger partial charge in [0, 0.05) is 5.56 Å². The largest absolute Gasteiger partial charge is 0.490 e. The second-order valence-corrected chi connectivity index (χ2v) is 4.06. The summed E-state index contributed by atoms with van der Waals surface area (Å²) in [5.41, 5.74) is 0.402. The Kier molecular flexibility index (Phi) is 2.81. The lowest BCUT2D eigenvalue weighted by atomic mass is 10.0. The Bertz CT molecular complexity index is 413. The van der Waals surface area contributed by atoms with E-state index in [0.29, 0.717) is 11.3 Å². The second-order valence-electron chi connectivity index (χ2n) is 4.06. The number of carbonyl (C=O) groups is 1. The van der Waals surface area contributed by atoms with Gasteiger partial charge in [-0.15, -0.1) is 0 Å². The SMILES string of the molecule is CC(C(=O)O)c1cc(F)ccc1OC1CC1. The minimum atomic E-state index is -0.980. The fraction of sp³-hybridized carbons (Fsp3) is 0.417. The molecule has 0 heterocycles. The summed E-state index contributed by atoms with van der Waals surface area (Å²) in [7, 11) is 0. The first-order valence-electron chi connectivity index (χ1n) is 5.27. The highest BCUT2D eigenvalue weighted by Gasteiger charge is 2.26. The van der Waals surface area contributed by atoms with Crippen molar-refractivity contribution >= 4 is 5.97 Å². The number of hydrogen-bond acceptors (Lipinski definition) is 2. The summed E-state index contributed by atoms with van der Waals surface area (Å²) in [6, 6.07) is 4.02. The first-order valence-corrected chi connectivity index (χ1v) is 5.27. The topological polar surface area (TPSA) is 46.5 Å². The van der Waals surface area contributed by atoms with Gasteiger partial charge in [0.15, 0.2) is 0 Å². The Morgan fingerprint density at radius 1 is 1.56 bits per heavy atom. The van der Waals surface area contributed by atoms with E-state index < -0.39 is 17.7 Å². The second kappa shape index (κ2) is 4.12. The predicted molar refractivity (Wildman–Crippen MR) is 56.1 cm³/mol. The van der Waals surface area contributed by atoms with Crippen LogP contribution < -0.4 is 4.74 Å². The molecule has 0 spiro atoms. The van der Waals surface area contributed by atoms with Gasteiger partial charge in [-0.05, 0) is 38.0 Å². The molecule has 0 amide bonds. The van der Waals surface area contributed by atoms with E-state index in [-0.39, 0.29) is 6.10 Å².